The highest BCUT2D eigenvalue weighted by Gasteiger charge is 2.27. The molecule has 1 heterocycles. The van der Waals surface area contributed by atoms with Crippen LogP contribution in [0, 0.1) is 17.8 Å². The van der Waals surface area contributed by atoms with E-state index in [2.05, 4.69) is 12.2 Å². The number of hydrogen-bond donors (Lipinski definition) is 2. The minimum Gasteiger partial charge on any atom is -0.381 e. The largest absolute Gasteiger partial charge is 0.381 e. The lowest BCUT2D eigenvalue weighted by molar-refractivity contribution is -0.124. The summed E-state index contributed by atoms with van der Waals surface area (Å²) in [7, 11) is 0. The molecule has 1 saturated heterocycles. The number of ether oxygens (including phenoxy) is 1. The molecule has 5 heteroatoms. The fraction of sp³-hybridized carbons (Fsp3) is 0.938. The fourth-order valence-corrected chi connectivity index (χ4v) is 3.61. The molecule has 0 aromatic carbocycles. The zero-order chi connectivity index (χ0) is 14.4. The highest BCUT2D eigenvalue weighted by atomic mass is 35.5. The maximum Gasteiger partial charge on any atom is 0.237 e. The second-order valence-electron chi connectivity index (χ2n) is 6.58. The average Bonchev–Trinajstić information content (AvgIpc) is 2.49. The summed E-state index contributed by atoms with van der Waals surface area (Å²) in [4.78, 5) is 12.1. The van der Waals surface area contributed by atoms with Gasteiger partial charge < -0.3 is 15.8 Å². The van der Waals surface area contributed by atoms with Gasteiger partial charge in [0.2, 0.25) is 5.91 Å². The first-order valence-corrected chi connectivity index (χ1v) is 8.29. The molecule has 0 bridgehead atoms. The Morgan fingerprint density at radius 3 is 2.57 bits per heavy atom. The van der Waals surface area contributed by atoms with E-state index in [9.17, 15) is 4.79 Å². The number of hydrogen-bond acceptors (Lipinski definition) is 3. The van der Waals surface area contributed by atoms with Gasteiger partial charge in [0.25, 0.3) is 0 Å². The molecule has 3 N–H and O–H groups in total. The summed E-state index contributed by atoms with van der Waals surface area (Å²) in [5.74, 6) is 1.91. The van der Waals surface area contributed by atoms with Crippen molar-refractivity contribution in [2.24, 2.45) is 23.5 Å². The Bertz CT molecular complexity index is 309. The second-order valence-corrected chi connectivity index (χ2v) is 6.58. The van der Waals surface area contributed by atoms with Gasteiger partial charge in [-0.3, -0.25) is 4.79 Å². The van der Waals surface area contributed by atoms with E-state index in [4.69, 9.17) is 10.5 Å². The summed E-state index contributed by atoms with van der Waals surface area (Å²) in [6.07, 6.45) is 8.32. The average molecular weight is 319 g/mol. The fourth-order valence-electron chi connectivity index (χ4n) is 3.61. The number of nitrogens with one attached hydrogen (secondary N) is 1. The van der Waals surface area contributed by atoms with Crippen molar-refractivity contribution in [3.8, 4) is 0 Å². The van der Waals surface area contributed by atoms with E-state index in [1.807, 2.05) is 0 Å². The zero-order valence-corrected chi connectivity index (χ0v) is 14.0. The Morgan fingerprint density at radius 2 is 1.90 bits per heavy atom. The molecule has 1 aliphatic carbocycles. The molecule has 2 fully saturated rings. The molecule has 0 aromatic heterocycles. The van der Waals surface area contributed by atoms with Gasteiger partial charge in [-0.25, -0.2) is 0 Å². The topological polar surface area (TPSA) is 64.4 Å². The first-order valence-electron chi connectivity index (χ1n) is 8.29. The Kier molecular flexibility index (Phi) is 8.60. The molecule has 1 saturated carbocycles. The molecule has 0 aromatic rings. The predicted molar refractivity (Wildman–Crippen MR) is 87.5 cm³/mol. The normalized spacial score (nSPS) is 28.5. The molecule has 3 unspecified atom stereocenters. The first kappa shape index (κ1) is 18.7. The van der Waals surface area contributed by atoms with Crippen LogP contribution in [0.5, 0.6) is 0 Å². The number of halogens is 1. The number of carbonyl (C=O) groups is 1. The van der Waals surface area contributed by atoms with Gasteiger partial charge in [-0.05, 0) is 37.0 Å². The van der Waals surface area contributed by atoms with Gasteiger partial charge in [-0.2, -0.15) is 0 Å². The van der Waals surface area contributed by atoms with Crippen molar-refractivity contribution in [1.82, 2.24) is 5.32 Å². The molecule has 0 spiro atoms. The molecule has 1 aliphatic heterocycles. The standard InChI is InChI=1S/C16H30N2O2.ClH/c1-12-4-2-3-5-13(12)6-9-18-16(19)15(17)14-7-10-20-11-8-14;/h12-15H,2-11,17H2,1H3,(H,18,19);1H. The van der Waals surface area contributed by atoms with Gasteiger partial charge in [-0.1, -0.05) is 32.6 Å². The molecular formula is C16H31ClN2O2. The van der Waals surface area contributed by atoms with Crippen molar-refractivity contribution >= 4 is 18.3 Å². The monoisotopic (exact) mass is 318 g/mol. The highest BCUT2D eigenvalue weighted by Crippen LogP contribution is 2.31. The van der Waals surface area contributed by atoms with Crippen molar-refractivity contribution in [2.45, 2.75) is 57.9 Å². The van der Waals surface area contributed by atoms with Gasteiger partial charge in [0.1, 0.15) is 0 Å². The zero-order valence-electron chi connectivity index (χ0n) is 13.2. The van der Waals surface area contributed by atoms with Crippen LogP contribution in [-0.4, -0.2) is 31.7 Å². The molecule has 3 atom stereocenters. The van der Waals surface area contributed by atoms with Gasteiger partial charge >= 0.3 is 0 Å². The van der Waals surface area contributed by atoms with Crippen LogP contribution in [0.3, 0.4) is 0 Å². The Balaban J connectivity index is 0.00000220. The number of amides is 1. The van der Waals surface area contributed by atoms with Gasteiger partial charge in [-0.15, -0.1) is 12.4 Å². The van der Waals surface area contributed by atoms with Crippen LogP contribution < -0.4 is 11.1 Å². The van der Waals surface area contributed by atoms with Crippen LogP contribution in [0.1, 0.15) is 51.9 Å². The van der Waals surface area contributed by atoms with Crippen molar-refractivity contribution in [1.29, 1.82) is 0 Å². The van der Waals surface area contributed by atoms with E-state index in [1.165, 1.54) is 25.7 Å². The Labute approximate surface area is 135 Å². The maximum atomic E-state index is 12.1. The summed E-state index contributed by atoms with van der Waals surface area (Å²) in [5.41, 5.74) is 6.07. The van der Waals surface area contributed by atoms with Crippen LogP contribution in [0.25, 0.3) is 0 Å². The summed E-state index contributed by atoms with van der Waals surface area (Å²) < 4.78 is 5.31. The van der Waals surface area contributed by atoms with Crippen molar-refractivity contribution < 1.29 is 9.53 Å². The van der Waals surface area contributed by atoms with E-state index in [1.54, 1.807) is 0 Å². The van der Waals surface area contributed by atoms with E-state index in [-0.39, 0.29) is 30.3 Å². The summed E-state index contributed by atoms with van der Waals surface area (Å²) >= 11 is 0. The SMILES string of the molecule is CC1CCCCC1CCNC(=O)C(N)C1CCOCC1.Cl. The first-order chi connectivity index (χ1) is 9.68. The van der Waals surface area contributed by atoms with Gasteiger partial charge in [0.15, 0.2) is 0 Å². The third kappa shape index (κ3) is 5.76. The lowest BCUT2D eigenvalue weighted by atomic mass is 9.79. The lowest BCUT2D eigenvalue weighted by Crippen LogP contribution is -2.47. The number of rotatable bonds is 5. The molecule has 21 heavy (non-hydrogen) atoms. The molecule has 2 aliphatic rings. The molecule has 124 valence electrons. The van der Waals surface area contributed by atoms with Crippen LogP contribution >= 0.6 is 12.4 Å². The Hall–Kier alpha value is -0.320. The maximum absolute atomic E-state index is 12.1. The molecule has 2 rings (SSSR count). The summed E-state index contributed by atoms with van der Waals surface area (Å²) in [5, 5.41) is 3.04. The molecule has 0 radical (unpaired) electrons. The van der Waals surface area contributed by atoms with E-state index in [0.29, 0.717) is 0 Å². The van der Waals surface area contributed by atoms with E-state index < -0.39 is 0 Å². The van der Waals surface area contributed by atoms with Crippen LogP contribution in [-0.2, 0) is 9.53 Å². The molecule has 4 nitrogen and oxygen atoms in total. The van der Waals surface area contributed by atoms with Crippen LogP contribution in [0.2, 0.25) is 0 Å². The van der Waals surface area contributed by atoms with Gasteiger partial charge in [0.05, 0.1) is 6.04 Å². The third-order valence-electron chi connectivity index (χ3n) is 5.18. The highest BCUT2D eigenvalue weighted by molar-refractivity contribution is 5.85. The number of nitrogens with two attached hydrogens (primary N) is 1. The van der Waals surface area contributed by atoms with Crippen molar-refractivity contribution in [3.63, 3.8) is 0 Å². The van der Waals surface area contributed by atoms with Gasteiger partial charge in [0, 0.05) is 19.8 Å². The van der Waals surface area contributed by atoms with Crippen molar-refractivity contribution in [3.05, 3.63) is 0 Å². The third-order valence-corrected chi connectivity index (χ3v) is 5.18. The van der Waals surface area contributed by atoms with E-state index in [0.717, 1.165) is 50.9 Å². The van der Waals surface area contributed by atoms with Crippen LogP contribution in [0.4, 0.5) is 0 Å². The lowest BCUT2D eigenvalue weighted by Gasteiger charge is -2.29. The molecular weight excluding hydrogens is 288 g/mol. The number of carbonyl (C=O) groups excluding carboxylic acids is 1. The second kappa shape index (κ2) is 9.65. The van der Waals surface area contributed by atoms with E-state index >= 15 is 0 Å². The predicted octanol–water partition coefficient (Wildman–Crippen LogP) is 2.49. The smallest absolute Gasteiger partial charge is 0.237 e. The summed E-state index contributed by atoms with van der Waals surface area (Å²) in [6, 6.07) is -0.359. The Morgan fingerprint density at radius 1 is 1.24 bits per heavy atom. The van der Waals surface area contributed by atoms with Crippen LogP contribution in [0.15, 0.2) is 0 Å². The minimum atomic E-state index is -0.359. The minimum absolute atomic E-state index is 0. The molecule has 1 amide bonds. The van der Waals surface area contributed by atoms with Crippen molar-refractivity contribution in [2.75, 3.05) is 19.8 Å². The quantitative estimate of drug-likeness (QED) is 0.818. The summed E-state index contributed by atoms with van der Waals surface area (Å²) in [6.45, 7) is 4.61.